The summed E-state index contributed by atoms with van der Waals surface area (Å²) < 4.78 is 0. The van der Waals surface area contributed by atoms with Crippen LogP contribution in [0.15, 0.2) is 0 Å². The molecule has 0 aromatic rings. The molecule has 1 fully saturated rings. The smallest absolute Gasteiger partial charge is 0.00174 e. The van der Waals surface area contributed by atoms with Gasteiger partial charge in [0.05, 0.1) is 0 Å². The van der Waals surface area contributed by atoms with Gasteiger partial charge in [-0.2, -0.15) is 0 Å². The molecule has 43 valence electrons. The predicted octanol–water partition coefficient (Wildman–Crippen LogP) is 0.996. The van der Waals surface area contributed by atoms with E-state index < -0.39 is 0 Å². The van der Waals surface area contributed by atoms with Crippen LogP contribution in [-0.2, 0) is 0 Å². The van der Waals surface area contributed by atoms with Crippen molar-refractivity contribution in [3.63, 3.8) is 0 Å². The first-order chi connectivity index (χ1) is 3.00. The van der Waals surface area contributed by atoms with Gasteiger partial charge in [0.25, 0.3) is 0 Å². The second-order valence-corrected chi connectivity index (χ2v) is 1.64. The third-order valence-electron chi connectivity index (χ3n) is 1.05. The number of halogens is 1. The minimum atomic E-state index is 0. The molecule has 0 amide bonds. The number of hydrogen-bond donors (Lipinski definition) is 1. The average molecular weight is 121 g/mol. The summed E-state index contributed by atoms with van der Waals surface area (Å²) in [5.41, 5.74) is 0. The molecule has 0 spiro atoms. The van der Waals surface area contributed by atoms with E-state index in [-0.39, 0.29) is 12.4 Å². The molecule has 1 radical (unpaired) electrons. The molecule has 0 aromatic carbocycles. The molecule has 1 N–H and O–H groups in total. The van der Waals surface area contributed by atoms with Crippen LogP contribution >= 0.6 is 12.4 Å². The molecule has 1 aliphatic rings. The van der Waals surface area contributed by atoms with Gasteiger partial charge in [0.1, 0.15) is 0 Å². The first kappa shape index (κ1) is 7.25. The summed E-state index contributed by atoms with van der Waals surface area (Å²) in [4.78, 5) is 0. The molecular formula is C5H11ClN. The molecule has 0 unspecified atom stereocenters. The highest BCUT2D eigenvalue weighted by atomic mass is 35.5. The van der Waals surface area contributed by atoms with Gasteiger partial charge in [0, 0.05) is 0 Å². The molecule has 0 atom stereocenters. The van der Waals surface area contributed by atoms with Crippen LogP contribution in [0.3, 0.4) is 0 Å². The van der Waals surface area contributed by atoms with Crippen molar-refractivity contribution in [1.29, 1.82) is 0 Å². The van der Waals surface area contributed by atoms with E-state index in [4.69, 9.17) is 0 Å². The number of hydrogen-bond acceptors (Lipinski definition) is 1. The minimum Gasteiger partial charge on any atom is -0.316 e. The van der Waals surface area contributed by atoms with Gasteiger partial charge in [-0.05, 0) is 32.4 Å². The Balaban J connectivity index is 0.000000360. The van der Waals surface area contributed by atoms with E-state index in [2.05, 4.69) is 11.7 Å². The van der Waals surface area contributed by atoms with Gasteiger partial charge >= 0.3 is 0 Å². The Bertz CT molecular complexity index is 23.6. The zero-order chi connectivity index (χ0) is 4.24. The fraction of sp³-hybridized carbons (Fsp3) is 0.800. The highest BCUT2D eigenvalue weighted by molar-refractivity contribution is 5.85. The molecule has 7 heavy (non-hydrogen) atoms. The van der Waals surface area contributed by atoms with E-state index >= 15 is 0 Å². The predicted molar refractivity (Wildman–Crippen MR) is 33.7 cm³/mol. The van der Waals surface area contributed by atoms with Gasteiger partial charge in [0.2, 0.25) is 0 Å². The Morgan fingerprint density at radius 2 is 2.29 bits per heavy atom. The van der Waals surface area contributed by atoms with Crippen LogP contribution < -0.4 is 5.32 Å². The molecule has 0 saturated carbocycles. The first-order valence-corrected chi connectivity index (χ1v) is 2.52. The Morgan fingerprint density at radius 3 is 2.43 bits per heavy atom. The number of piperidine rings is 1. The molecule has 2 heteroatoms. The zero-order valence-electron chi connectivity index (χ0n) is 4.31. The van der Waals surface area contributed by atoms with Crippen molar-refractivity contribution in [2.75, 3.05) is 13.1 Å². The van der Waals surface area contributed by atoms with E-state index in [1.54, 1.807) is 0 Å². The minimum absolute atomic E-state index is 0. The van der Waals surface area contributed by atoms with E-state index in [0.717, 1.165) is 6.54 Å². The third-order valence-corrected chi connectivity index (χ3v) is 1.05. The standard InChI is InChI=1S/C5H10N.ClH/c1-2-4-6-5-3-1;/h2,6H,1,3-5H2;1H. The molecule has 0 aromatic heterocycles. The van der Waals surface area contributed by atoms with Gasteiger partial charge in [-0.25, -0.2) is 0 Å². The lowest BCUT2D eigenvalue weighted by Gasteiger charge is -2.08. The Hall–Kier alpha value is 0.250. The molecular weight excluding hydrogens is 110 g/mol. The summed E-state index contributed by atoms with van der Waals surface area (Å²) in [6.07, 6.45) is 4.93. The topological polar surface area (TPSA) is 12.0 Å². The van der Waals surface area contributed by atoms with Crippen LogP contribution in [0, 0.1) is 6.42 Å². The molecule has 1 heterocycles. The summed E-state index contributed by atoms with van der Waals surface area (Å²) in [5.74, 6) is 0. The summed E-state index contributed by atoms with van der Waals surface area (Å²) in [5, 5.41) is 3.23. The number of rotatable bonds is 0. The Morgan fingerprint density at radius 1 is 1.43 bits per heavy atom. The van der Waals surface area contributed by atoms with Crippen molar-refractivity contribution in [2.45, 2.75) is 12.8 Å². The second-order valence-electron chi connectivity index (χ2n) is 1.64. The van der Waals surface area contributed by atoms with Crippen molar-refractivity contribution >= 4 is 12.4 Å². The van der Waals surface area contributed by atoms with Crippen molar-refractivity contribution in [3.8, 4) is 0 Å². The maximum Gasteiger partial charge on any atom is -0.00174 e. The largest absolute Gasteiger partial charge is 0.316 e. The monoisotopic (exact) mass is 120 g/mol. The van der Waals surface area contributed by atoms with Crippen LogP contribution in [0.4, 0.5) is 0 Å². The Labute approximate surface area is 50.9 Å². The molecule has 0 aliphatic carbocycles. The van der Waals surface area contributed by atoms with Gasteiger partial charge in [0.15, 0.2) is 0 Å². The highest BCUT2D eigenvalue weighted by Crippen LogP contribution is 1.95. The van der Waals surface area contributed by atoms with Crippen LogP contribution in [0.2, 0.25) is 0 Å². The van der Waals surface area contributed by atoms with Crippen LogP contribution in [0.5, 0.6) is 0 Å². The first-order valence-electron chi connectivity index (χ1n) is 2.52. The molecule has 1 nitrogen and oxygen atoms in total. The maximum atomic E-state index is 3.23. The maximum absolute atomic E-state index is 3.23. The highest BCUT2D eigenvalue weighted by Gasteiger charge is 1.94. The Kier molecular flexibility index (Phi) is 4.57. The molecule has 0 bridgehead atoms. The van der Waals surface area contributed by atoms with Gasteiger partial charge < -0.3 is 5.32 Å². The van der Waals surface area contributed by atoms with Crippen molar-refractivity contribution in [2.24, 2.45) is 0 Å². The van der Waals surface area contributed by atoms with Crippen LogP contribution in [-0.4, -0.2) is 13.1 Å². The van der Waals surface area contributed by atoms with Crippen LogP contribution in [0.25, 0.3) is 0 Å². The van der Waals surface area contributed by atoms with Crippen molar-refractivity contribution < 1.29 is 0 Å². The van der Waals surface area contributed by atoms with Crippen molar-refractivity contribution in [1.82, 2.24) is 5.32 Å². The fourth-order valence-electron chi connectivity index (χ4n) is 0.678. The summed E-state index contributed by atoms with van der Waals surface area (Å²) in [7, 11) is 0. The summed E-state index contributed by atoms with van der Waals surface area (Å²) in [6, 6.07) is 0. The second kappa shape index (κ2) is 4.41. The number of nitrogens with one attached hydrogen (secondary N) is 1. The molecule has 1 saturated heterocycles. The lowest BCUT2D eigenvalue weighted by atomic mass is 10.2. The van der Waals surface area contributed by atoms with Gasteiger partial charge in [-0.15, -0.1) is 12.4 Å². The van der Waals surface area contributed by atoms with Crippen LogP contribution in [0.1, 0.15) is 12.8 Å². The SMILES string of the molecule is Cl.[CH]1CCCNC1. The lowest BCUT2D eigenvalue weighted by Crippen LogP contribution is -2.21. The van der Waals surface area contributed by atoms with E-state index in [0.29, 0.717) is 0 Å². The van der Waals surface area contributed by atoms with E-state index in [1.807, 2.05) is 0 Å². The fourth-order valence-corrected chi connectivity index (χ4v) is 0.678. The van der Waals surface area contributed by atoms with E-state index in [9.17, 15) is 0 Å². The van der Waals surface area contributed by atoms with E-state index in [1.165, 1.54) is 19.4 Å². The molecule has 1 aliphatic heterocycles. The third kappa shape index (κ3) is 2.89. The summed E-state index contributed by atoms with van der Waals surface area (Å²) in [6.45, 7) is 2.34. The van der Waals surface area contributed by atoms with Gasteiger partial charge in [-0.3, -0.25) is 0 Å². The lowest BCUT2D eigenvalue weighted by molar-refractivity contribution is 0.604. The van der Waals surface area contributed by atoms with Gasteiger partial charge in [-0.1, -0.05) is 0 Å². The van der Waals surface area contributed by atoms with Crippen molar-refractivity contribution in [3.05, 3.63) is 6.42 Å². The summed E-state index contributed by atoms with van der Waals surface area (Å²) >= 11 is 0. The normalized spacial score (nSPS) is 20.6. The molecule has 1 rings (SSSR count). The average Bonchev–Trinajstić information content (AvgIpc) is 1.72. The zero-order valence-corrected chi connectivity index (χ0v) is 5.13. The quantitative estimate of drug-likeness (QED) is 0.503.